The van der Waals surface area contributed by atoms with Crippen molar-refractivity contribution in [2.75, 3.05) is 49.2 Å². The number of esters is 1. The van der Waals surface area contributed by atoms with E-state index < -0.39 is 27.4 Å². The average Bonchev–Trinajstić information content (AvgIpc) is 3.51. The van der Waals surface area contributed by atoms with Gasteiger partial charge < -0.3 is 24.5 Å². The van der Waals surface area contributed by atoms with Gasteiger partial charge in [-0.2, -0.15) is 0 Å². The maximum absolute atomic E-state index is 14.5. The van der Waals surface area contributed by atoms with Gasteiger partial charge in [-0.05, 0) is 70.7 Å². The standard InChI is InChI=1S/C31H43N3O5S/c1-6-10-11-21-39-29(38)25-24-27(36)34(19-20-35)26(31(24)17-16-30(25,5)40-31)28(37)33(18-7-2)23-14-12-22(13-15-23)32(8-3)9-4/h6-7,12-15,24-26,35H,1-2,8-11,16-21H2,3-5H3/t24-,25+,26?,30-,31?/m0/s1. The van der Waals surface area contributed by atoms with E-state index in [2.05, 4.69) is 31.9 Å². The topological polar surface area (TPSA) is 90.4 Å². The molecule has 0 aromatic heterocycles. The van der Waals surface area contributed by atoms with Gasteiger partial charge in [-0.3, -0.25) is 14.4 Å². The molecule has 4 rings (SSSR count). The van der Waals surface area contributed by atoms with Crippen LogP contribution in [0.5, 0.6) is 0 Å². The van der Waals surface area contributed by atoms with Crippen molar-refractivity contribution in [3.63, 3.8) is 0 Å². The van der Waals surface area contributed by atoms with E-state index in [1.165, 1.54) is 4.90 Å². The number of ether oxygens (including phenoxy) is 1. The summed E-state index contributed by atoms with van der Waals surface area (Å²) in [6, 6.07) is 7.08. The maximum atomic E-state index is 14.5. The van der Waals surface area contributed by atoms with E-state index in [4.69, 9.17) is 4.74 Å². The van der Waals surface area contributed by atoms with Gasteiger partial charge in [0.15, 0.2) is 0 Å². The summed E-state index contributed by atoms with van der Waals surface area (Å²) >= 11 is 1.60. The minimum absolute atomic E-state index is 0.0364. The Balaban J connectivity index is 1.68. The second-order valence-electron chi connectivity index (χ2n) is 11.0. The molecule has 1 spiro atoms. The predicted octanol–water partition coefficient (Wildman–Crippen LogP) is 4.03. The minimum atomic E-state index is -0.801. The van der Waals surface area contributed by atoms with Gasteiger partial charge in [0.1, 0.15) is 6.04 Å². The molecular formula is C31H43N3O5S. The predicted molar refractivity (Wildman–Crippen MR) is 160 cm³/mol. The third-order valence-corrected chi connectivity index (χ3v) is 10.8. The molecular weight excluding hydrogens is 526 g/mol. The van der Waals surface area contributed by atoms with Crippen molar-refractivity contribution in [1.29, 1.82) is 0 Å². The van der Waals surface area contributed by atoms with Crippen molar-refractivity contribution in [2.45, 2.75) is 62.0 Å². The largest absolute Gasteiger partial charge is 0.465 e. The van der Waals surface area contributed by atoms with Gasteiger partial charge in [0.25, 0.3) is 5.91 Å². The Kier molecular flexibility index (Phi) is 9.35. The van der Waals surface area contributed by atoms with Crippen LogP contribution in [-0.4, -0.2) is 82.7 Å². The van der Waals surface area contributed by atoms with Crippen molar-refractivity contribution in [2.24, 2.45) is 11.8 Å². The molecule has 0 saturated carbocycles. The van der Waals surface area contributed by atoms with E-state index in [-0.39, 0.29) is 44.1 Å². The van der Waals surface area contributed by atoms with Crippen LogP contribution in [-0.2, 0) is 19.1 Å². The Labute approximate surface area is 242 Å². The Morgan fingerprint density at radius 2 is 1.82 bits per heavy atom. The summed E-state index contributed by atoms with van der Waals surface area (Å²) in [4.78, 5) is 47.4. The lowest BCUT2D eigenvalue weighted by Gasteiger charge is -2.37. The first-order valence-corrected chi connectivity index (χ1v) is 15.2. The summed E-state index contributed by atoms with van der Waals surface area (Å²) in [7, 11) is 0. The van der Waals surface area contributed by atoms with Crippen LogP contribution in [0.2, 0.25) is 0 Å². The molecule has 0 aliphatic carbocycles. The van der Waals surface area contributed by atoms with E-state index >= 15 is 0 Å². The van der Waals surface area contributed by atoms with Crippen molar-refractivity contribution in [3.8, 4) is 0 Å². The van der Waals surface area contributed by atoms with E-state index in [0.717, 1.165) is 30.9 Å². The van der Waals surface area contributed by atoms with E-state index in [1.807, 2.05) is 31.2 Å². The fourth-order valence-electron chi connectivity index (χ4n) is 6.93. The summed E-state index contributed by atoms with van der Waals surface area (Å²) in [5.41, 5.74) is 1.79. The highest BCUT2D eigenvalue weighted by atomic mass is 32.2. The molecule has 1 aromatic rings. The first-order valence-electron chi connectivity index (χ1n) is 14.4. The lowest BCUT2D eigenvalue weighted by atomic mass is 9.66. The van der Waals surface area contributed by atoms with Crippen LogP contribution in [0.25, 0.3) is 0 Å². The number of benzene rings is 1. The van der Waals surface area contributed by atoms with Crippen LogP contribution in [0, 0.1) is 11.8 Å². The SMILES string of the molecule is C=CCCCOC(=O)[C@H]1[C@H]2C(=O)N(CCO)C(C(=O)N(CC=C)c3ccc(N(CC)CC)cc3)C23CC[C@]1(C)S3. The summed E-state index contributed by atoms with van der Waals surface area (Å²) in [6.45, 7) is 15.9. The molecule has 1 N–H and O–H groups in total. The maximum Gasteiger partial charge on any atom is 0.311 e. The Morgan fingerprint density at radius 3 is 2.42 bits per heavy atom. The number of carbonyl (C=O) groups excluding carboxylic acids is 3. The Hall–Kier alpha value is -2.78. The molecule has 2 bridgehead atoms. The number of β-amino-alcohol motifs (C(OH)–C–C–N with tert-alkyl or cyclic N) is 1. The lowest BCUT2D eigenvalue weighted by Crippen LogP contribution is -2.55. The molecule has 3 fully saturated rings. The molecule has 3 saturated heterocycles. The molecule has 3 aliphatic heterocycles. The van der Waals surface area contributed by atoms with Gasteiger partial charge in [0, 0.05) is 42.3 Å². The summed E-state index contributed by atoms with van der Waals surface area (Å²) in [5, 5.41) is 9.91. The fourth-order valence-corrected chi connectivity index (χ4v) is 9.27. The van der Waals surface area contributed by atoms with Crippen molar-refractivity contribution < 1.29 is 24.2 Å². The summed E-state index contributed by atoms with van der Waals surface area (Å²) in [6.07, 6.45) is 6.25. The smallest absolute Gasteiger partial charge is 0.311 e. The molecule has 9 heteroatoms. The van der Waals surface area contributed by atoms with E-state index in [9.17, 15) is 19.5 Å². The number of hydrogen-bond acceptors (Lipinski definition) is 7. The number of aliphatic hydroxyl groups excluding tert-OH is 1. The van der Waals surface area contributed by atoms with E-state index in [0.29, 0.717) is 19.3 Å². The van der Waals surface area contributed by atoms with Gasteiger partial charge in [0.05, 0.1) is 29.8 Å². The first-order chi connectivity index (χ1) is 19.2. The fraction of sp³-hybridized carbons (Fsp3) is 0.581. The van der Waals surface area contributed by atoms with Gasteiger partial charge >= 0.3 is 5.97 Å². The zero-order valence-corrected chi connectivity index (χ0v) is 24.8. The molecule has 5 atom stereocenters. The number of unbranched alkanes of at least 4 members (excludes halogenated alkanes) is 1. The highest BCUT2D eigenvalue weighted by Crippen LogP contribution is 2.71. The summed E-state index contributed by atoms with van der Waals surface area (Å²) in [5.74, 6) is -2.13. The molecule has 2 amide bonds. The molecule has 3 aliphatic rings. The number of likely N-dealkylation sites (tertiary alicyclic amines) is 1. The molecule has 8 nitrogen and oxygen atoms in total. The number of amides is 2. The number of aliphatic hydroxyl groups is 1. The highest BCUT2D eigenvalue weighted by molar-refractivity contribution is 8.02. The van der Waals surface area contributed by atoms with Crippen LogP contribution in [0.4, 0.5) is 11.4 Å². The van der Waals surface area contributed by atoms with Gasteiger partial charge in [0.2, 0.25) is 5.91 Å². The number of fused-ring (bicyclic) bond motifs is 1. The van der Waals surface area contributed by atoms with E-state index in [1.54, 1.807) is 28.8 Å². The monoisotopic (exact) mass is 569 g/mol. The molecule has 3 heterocycles. The van der Waals surface area contributed by atoms with Gasteiger partial charge in [-0.25, -0.2) is 0 Å². The number of nitrogens with zero attached hydrogens (tertiary/aromatic N) is 3. The lowest BCUT2D eigenvalue weighted by molar-refractivity contribution is -0.155. The summed E-state index contributed by atoms with van der Waals surface area (Å²) < 4.78 is 4.41. The number of thioether (sulfide) groups is 1. The van der Waals surface area contributed by atoms with Crippen molar-refractivity contribution >= 4 is 40.9 Å². The molecule has 0 radical (unpaired) electrons. The molecule has 40 heavy (non-hydrogen) atoms. The Bertz CT molecular complexity index is 1120. The third kappa shape index (κ3) is 5.07. The van der Waals surface area contributed by atoms with Crippen LogP contribution in [0.1, 0.15) is 46.5 Å². The number of hydrogen-bond donors (Lipinski definition) is 1. The minimum Gasteiger partial charge on any atom is -0.465 e. The quantitative estimate of drug-likeness (QED) is 0.206. The third-order valence-electron chi connectivity index (χ3n) is 8.77. The molecule has 218 valence electrons. The number of allylic oxidation sites excluding steroid dienone is 1. The van der Waals surface area contributed by atoms with Crippen LogP contribution < -0.4 is 9.80 Å². The zero-order chi connectivity index (χ0) is 29.1. The Morgan fingerprint density at radius 1 is 1.15 bits per heavy atom. The zero-order valence-electron chi connectivity index (χ0n) is 24.0. The van der Waals surface area contributed by atoms with Crippen LogP contribution in [0.3, 0.4) is 0 Å². The van der Waals surface area contributed by atoms with Crippen LogP contribution in [0.15, 0.2) is 49.6 Å². The average molecular weight is 570 g/mol. The number of carbonyl (C=O) groups is 3. The second-order valence-corrected chi connectivity index (χ2v) is 12.9. The number of rotatable bonds is 14. The second kappa shape index (κ2) is 12.4. The molecule has 2 unspecified atom stereocenters. The molecule has 1 aromatic carbocycles. The van der Waals surface area contributed by atoms with Crippen LogP contribution >= 0.6 is 11.8 Å². The van der Waals surface area contributed by atoms with Crippen molar-refractivity contribution in [3.05, 3.63) is 49.6 Å². The first kappa shape index (κ1) is 30.2. The normalized spacial score (nSPS) is 28.4. The van der Waals surface area contributed by atoms with Crippen molar-refractivity contribution in [1.82, 2.24) is 4.90 Å². The van der Waals surface area contributed by atoms with Gasteiger partial charge in [-0.1, -0.05) is 12.2 Å². The van der Waals surface area contributed by atoms with Gasteiger partial charge in [-0.15, -0.1) is 24.9 Å². The number of anilines is 2. The highest BCUT2D eigenvalue weighted by Gasteiger charge is 2.77.